The molecular weight excluding hydrogens is 322 g/mol. The van der Waals surface area contributed by atoms with Gasteiger partial charge in [0.25, 0.3) is 5.69 Å². The van der Waals surface area contributed by atoms with Crippen LogP contribution in [0.3, 0.4) is 0 Å². The molecule has 0 aliphatic rings. The van der Waals surface area contributed by atoms with Crippen LogP contribution in [-0.2, 0) is 11.2 Å². The van der Waals surface area contributed by atoms with Gasteiger partial charge in [-0.2, -0.15) is 5.10 Å². The number of amides is 1. The fourth-order valence-electron chi connectivity index (χ4n) is 2.16. The highest BCUT2D eigenvalue weighted by Crippen LogP contribution is 2.13. The topological polar surface area (TPSA) is 93.8 Å². The van der Waals surface area contributed by atoms with Crippen LogP contribution in [0, 0.1) is 10.1 Å². The molecule has 0 bridgehead atoms. The number of nitro groups is 1. The Morgan fingerprint density at radius 2 is 1.88 bits per heavy atom. The molecule has 7 nitrogen and oxygen atoms in total. The summed E-state index contributed by atoms with van der Waals surface area (Å²) < 4.78 is 5.10. The number of carbonyl (C=O) groups is 1. The van der Waals surface area contributed by atoms with Gasteiger partial charge in [-0.3, -0.25) is 14.9 Å². The number of carbonyl (C=O) groups excluding carboxylic acids is 1. The molecule has 7 heteroatoms. The molecule has 0 fully saturated rings. The second-order valence-electron chi connectivity index (χ2n) is 5.34. The fourth-order valence-corrected chi connectivity index (χ4v) is 2.16. The molecule has 2 aromatic rings. The molecule has 2 aromatic carbocycles. The van der Waals surface area contributed by atoms with Gasteiger partial charge in [0.1, 0.15) is 5.75 Å². The van der Waals surface area contributed by atoms with Crippen molar-refractivity contribution in [2.24, 2.45) is 5.10 Å². The van der Waals surface area contributed by atoms with Gasteiger partial charge in [0.15, 0.2) is 0 Å². The highest BCUT2D eigenvalue weighted by atomic mass is 16.6. The molecule has 0 aliphatic heterocycles. The first-order valence-electron chi connectivity index (χ1n) is 7.78. The quantitative estimate of drug-likeness (QED) is 0.453. The Labute approximate surface area is 145 Å². The van der Waals surface area contributed by atoms with Gasteiger partial charge in [-0.15, -0.1) is 0 Å². The summed E-state index contributed by atoms with van der Waals surface area (Å²) in [6.07, 6.45) is 3.32. The largest absolute Gasteiger partial charge is 0.497 e. The maximum absolute atomic E-state index is 11.7. The number of nitrogens with zero attached hydrogens (tertiary/aromatic N) is 2. The number of aryl methyl sites for hydroxylation is 1. The maximum atomic E-state index is 11.7. The first kappa shape index (κ1) is 18.1. The standard InChI is InChI=1S/C18H19N3O4/c1-25-17-11-7-14(8-12-17)3-2-4-18(22)20-19-13-15-5-9-16(10-6-15)21(23)24/h5-13H,2-4H2,1H3,(H,20,22)/b19-13-. The third kappa shape index (κ3) is 6.06. The fraction of sp³-hybridized carbons (Fsp3) is 0.222. The molecule has 130 valence electrons. The van der Waals surface area contributed by atoms with Gasteiger partial charge in [0.05, 0.1) is 18.2 Å². The number of hydrogen-bond acceptors (Lipinski definition) is 5. The van der Waals surface area contributed by atoms with Crippen LogP contribution in [-0.4, -0.2) is 24.2 Å². The molecule has 1 N–H and O–H groups in total. The van der Waals surface area contributed by atoms with E-state index in [1.807, 2.05) is 24.3 Å². The minimum Gasteiger partial charge on any atom is -0.497 e. The summed E-state index contributed by atoms with van der Waals surface area (Å²) in [5.74, 6) is 0.633. The molecule has 0 heterocycles. The van der Waals surface area contributed by atoms with E-state index >= 15 is 0 Å². The summed E-state index contributed by atoms with van der Waals surface area (Å²) in [5.41, 5.74) is 4.28. The minimum atomic E-state index is -0.467. The van der Waals surface area contributed by atoms with Crippen molar-refractivity contribution < 1.29 is 14.5 Å². The monoisotopic (exact) mass is 341 g/mol. The van der Waals surface area contributed by atoms with Crippen molar-refractivity contribution in [3.8, 4) is 5.75 Å². The predicted octanol–water partition coefficient (Wildman–Crippen LogP) is 3.08. The molecule has 25 heavy (non-hydrogen) atoms. The number of hydrogen-bond donors (Lipinski definition) is 1. The first-order chi connectivity index (χ1) is 12.1. The van der Waals surface area contributed by atoms with Crippen LogP contribution in [0.1, 0.15) is 24.0 Å². The SMILES string of the molecule is COc1ccc(CCCC(=O)N/N=C\c2ccc([N+](=O)[O-])cc2)cc1. The number of non-ortho nitro benzene ring substituents is 1. The molecule has 0 aliphatic carbocycles. The van der Waals surface area contributed by atoms with Crippen molar-refractivity contribution in [3.63, 3.8) is 0 Å². The summed E-state index contributed by atoms with van der Waals surface area (Å²) >= 11 is 0. The molecular formula is C18H19N3O4. The van der Waals surface area contributed by atoms with Gasteiger partial charge in [-0.05, 0) is 48.2 Å². The number of benzene rings is 2. The Morgan fingerprint density at radius 1 is 1.20 bits per heavy atom. The first-order valence-corrected chi connectivity index (χ1v) is 7.78. The Hall–Kier alpha value is -3.22. The van der Waals surface area contributed by atoms with Crippen molar-refractivity contribution in [2.75, 3.05) is 7.11 Å². The van der Waals surface area contributed by atoms with E-state index in [1.165, 1.54) is 18.3 Å². The molecule has 0 atom stereocenters. The number of hydrazone groups is 1. The van der Waals surface area contributed by atoms with E-state index in [4.69, 9.17) is 4.74 Å². The highest BCUT2D eigenvalue weighted by Gasteiger charge is 2.03. The van der Waals surface area contributed by atoms with Gasteiger partial charge >= 0.3 is 0 Å². The second kappa shape index (κ2) is 9.17. The third-order valence-electron chi connectivity index (χ3n) is 3.54. The molecule has 1 amide bonds. The molecule has 0 aromatic heterocycles. The van der Waals surface area contributed by atoms with Crippen molar-refractivity contribution >= 4 is 17.8 Å². The Bertz CT molecular complexity index is 740. The van der Waals surface area contributed by atoms with Crippen molar-refractivity contribution in [1.29, 1.82) is 0 Å². The summed E-state index contributed by atoms with van der Waals surface area (Å²) in [6.45, 7) is 0. The molecule has 0 unspecified atom stereocenters. The molecule has 0 radical (unpaired) electrons. The third-order valence-corrected chi connectivity index (χ3v) is 3.54. The Morgan fingerprint density at radius 3 is 2.48 bits per heavy atom. The van der Waals surface area contributed by atoms with Crippen LogP contribution in [0.15, 0.2) is 53.6 Å². The van der Waals surface area contributed by atoms with Crippen molar-refractivity contribution in [2.45, 2.75) is 19.3 Å². The zero-order valence-corrected chi connectivity index (χ0v) is 13.8. The molecule has 0 saturated carbocycles. The number of nitro benzene ring substituents is 1. The lowest BCUT2D eigenvalue weighted by atomic mass is 10.1. The maximum Gasteiger partial charge on any atom is 0.269 e. The zero-order chi connectivity index (χ0) is 18.1. The van der Waals surface area contributed by atoms with Gasteiger partial charge in [0.2, 0.25) is 5.91 Å². The van der Waals surface area contributed by atoms with E-state index < -0.39 is 4.92 Å². The summed E-state index contributed by atoms with van der Waals surface area (Å²) in [7, 11) is 1.62. The Kier molecular flexibility index (Phi) is 6.65. The van der Waals surface area contributed by atoms with Gasteiger partial charge in [-0.25, -0.2) is 5.43 Å². The van der Waals surface area contributed by atoms with Crippen LogP contribution >= 0.6 is 0 Å². The lowest BCUT2D eigenvalue weighted by molar-refractivity contribution is -0.384. The predicted molar refractivity (Wildman–Crippen MR) is 94.8 cm³/mol. The van der Waals surface area contributed by atoms with E-state index in [0.717, 1.165) is 17.7 Å². The van der Waals surface area contributed by atoms with Gasteiger partial charge < -0.3 is 4.74 Å². The number of nitrogens with one attached hydrogen (secondary N) is 1. The van der Waals surface area contributed by atoms with E-state index in [1.54, 1.807) is 19.2 Å². The highest BCUT2D eigenvalue weighted by molar-refractivity contribution is 5.82. The number of rotatable bonds is 8. The normalized spacial score (nSPS) is 10.6. The summed E-state index contributed by atoms with van der Waals surface area (Å²) in [6, 6.07) is 13.6. The van der Waals surface area contributed by atoms with Crippen molar-refractivity contribution in [1.82, 2.24) is 5.43 Å². The van der Waals surface area contributed by atoms with E-state index in [-0.39, 0.29) is 11.6 Å². The van der Waals surface area contributed by atoms with E-state index in [0.29, 0.717) is 18.4 Å². The Balaban J connectivity index is 1.71. The van der Waals surface area contributed by atoms with Crippen molar-refractivity contribution in [3.05, 3.63) is 69.8 Å². The lowest BCUT2D eigenvalue weighted by Gasteiger charge is -2.03. The summed E-state index contributed by atoms with van der Waals surface area (Å²) in [4.78, 5) is 21.8. The van der Waals surface area contributed by atoms with Crippen LogP contribution in [0.2, 0.25) is 0 Å². The smallest absolute Gasteiger partial charge is 0.269 e. The molecule has 2 rings (SSSR count). The van der Waals surface area contributed by atoms with Crippen LogP contribution in [0.25, 0.3) is 0 Å². The molecule has 0 saturated heterocycles. The molecule has 0 spiro atoms. The summed E-state index contributed by atoms with van der Waals surface area (Å²) in [5, 5.41) is 14.4. The lowest BCUT2D eigenvalue weighted by Crippen LogP contribution is -2.17. The zero-order valence-electron chi connectivity index (χ0n) is 13.8. The second-order valence-corrected chi connectivity index (χ2v) is 5.34. The van der Waals surface area contributed by atoms with Crippen LogP contribution in [0.4, 0.5) is 5.69 Å². The van der Waals surface area contributed by atoms with Gasteiger partial charge in [0, 0.05) is 18.6 Å². The van der Waals surface area contributed by atoms with Crippen LogP contribution in [0.5, 0.6) is 5.75 Å². The average Bonchev–Trinajstić information content (AvgIpc) is 2.63. The van der Waals surface area contributed by atoms with E-state index in [2.05, 4.69) is 10.5 Å². The number of methoxy groups -OCH3 is 1. The van der Waals surface area contributed by atoms with E-state index in [9.17, 15) is 14.9 Å². The minimum absolute atomic E-state index is 0.0136. The van der Waals surface area contributed by atoms with Crippen LogP contribution < -0.4 is 10.2 Å². The van der Waals surface area contributed by atoms with Gasteiger partial charge in [-0.1, -0.05) is 12.1 Å². The number of ether oxygens (including phenoxy) is 1. The average molecular weight is 341 g/mol.